The first-order valence-electron chi connectivity index (χ1n) is 7.47. The van der Waals surface area contributed by atoms with Crippen molar-refractivity contribution in [2.24, 2.45) is 5.73 Å². The van der Waals surface area contributed by atoms with Crippen molar-refractivity contribution in [3.63, 3.8) is 0 Å². The largest absolute Gasteiger partial charge is 0.493 e. The molecule has 1 fully saturated rings. The molecule has 21 heavy (non-hydrogen) atoms. The van der Waals surface area contributed by atoms with Crippen molar-refractivity contribution in [3.8, 4) is 11.5 Å². The summed E-state index contributed by atoms with van der Waals surface area (Å²) >= 11 is 6.48. The Bertz CT molecular complexity index is 480. The van der Waals surface area contributed by atoms with Crippen LogP contribution in [0.4, 0.5) is 0 Å². The number of nitrogens with two attached hydrogens (primary N) is 1. The molecule has 1 aromatic rings. The summed E-state index contributed by atoms with van der Waals surface area (Å²) in [6.07, 6.45) is 3.62. The van der Waals surface area contributed by atoms with Gasteiger partial charge in [-0.15, -0.1) is 0 Å². The fourth-order valence-electron chi connectivity index (χ4n) is 3.08. The number of likely N-dealkylation sites (tertiary alicyclic amines) is 1. The highest BCUT2D eigenvalue weighted by Gasteiger charge is 2.26. The van der Waals surface area contributed by atoms with Crippen LogP contribution in [0.15, 0.2) is 12.1 Å². The number of methoxy groups -OCH3 is 2. The van der Waals surface area contributed by atoms with Crippen molar-refractivity contribution in [1.82, 2.24) is 4.90 Å². The minimum Gasteiger partial charge on any atom is -0.493 e. The predicted molar refractivity (Wildman–Crippen MR) is 86.3 cm³/mol. The zero-order valence-corrected chi connectivity index (χ0v) is 13.8. The summed E-state index contributed by atoms with van der Waals surface area (Å²) in [6.45, 7) is 3.95. The Balaban J connectivity index is 2.22. The number of piperidine rings is 1. The SMILES string of the molecule is COc1ccc(CN2CCCCC2C(C)N)c(Cl)c1OC. The normalized spacial score (nSPS) is 21.1. The van der Waals surface area contributed by atoms with E-state index in [4.69, 9.17) is 26.8 Å². The van der Waals surface area contributed by atoms with Crippen molar-refractivity contribution < 1.29 is 9.47 Å². The van der Waals surface area contributed by atoms with E-state index in [1.807, 2.05) is 12.1 Å². The van der Waals surface area contributed by atoms with Gasteiger partial charge >= 0.3 is 0 Å². The third-order valence-electron chi connectivity index (χ3n) is 4.21. The van der Waals surface area contributed by atoms with Gasteiger partial charge in [0.2, 0.25) is 0 Å². The van der Waals surface area contributed by atoms with Crippen LogP contribution in [-0.4, -0.2) is 37.7 Å². The highest BCUT2D eigenvalue weighted by atomic mass is 35.5. The van der Waals surface area contributed by atoms with Gasteiger partial charge in [-0.2, -0.15) is 0 Å². The molecule has 118 valence electrons. The third-order valence-corrected chi connectivity index (χ3v) is 4.62. The van der Waals surface area contributed by atoms with Gasteiger partial charge in [0.25, 0.3) is 0 Å². The summed E-state index contributed by atoms with van der Waals surface area (Å²) in [5.41, 5.74) is 7.19. The topological polar surface area (TPSA) is 47.7 Å². The Labute approximate surface area is 132 Å². The van der Waals surface area contributed by atoms with Crippen LogP contribution in [0.2, 0.25) is 5.02 Å². The lowest BCUT2D eigenvalue weighted by atomic mass is 9.96. The van der Waals surface area contributed by atoms with E-state index in [1.54, 1.807) is 14.2 Å². The first-order chi connectivity index (χ1) is 10.1. The summed E-state index contributed by atoms with van der Waals surface area (Å²) in [5, 5.41) is 0.630. The predicted octanol–water partition coefficient (Wildman–Crippen LogP) is 3.06. The van der Waals surface area contributed by atoms with Crippen molar-refractivity contribution in [1.29, 1.82) is 0 Å². The molecule has 2 atom stereocenters. The van der Waals surface area contributed by atoms with Crippen LogP contribution in [0.1, 0.15) is 31.7 Å². The lowest BCUT2D eigenvalue weighted by molar-refractivity contribution is 0.123. The molecule has 0 radical (unpaired) electrons. The second kappa shape index (κ2) is 7.34. The minimum absolute atomic E-state index is 0.171. The van der Waals surface area contributed by atoms with Crippen LogP contribution in [0.3, 0.4) is 0 Å². The fourth-order valence-corrected chi connectivity index (χ4v) is 3.37. The Morgan fingerprint density at radius 2 is 2.10 bits per heavy atom. The van der Waals surface area contributed by atoms with E-state index in [-0.39, 0.29) is 6.04 Å². The zero-order valence-electron chi connectivity index (χ0n) is 13.1. The molecule has 0 aromatic heterocycles. The monoisotopic (exact) mass is 312 g/mol. The molecule has 1 aromatic carbocycles. The van der Waals surface area contributed by atoms with Gasteiger partial charge in [0.05, 0.1) is 19.2 Å². The van der Waals surface area contributed by atoms with Gasteiger partial charge in [-0.05, 0) is 37.9 Å². The van der Waals surface area contributed by atoms with Gasteiger partial charge in [0, 0.05) is 18.6 Å². The van der Waals surface area contributed by atoms with E-state index < -0.39 is 0 Å². The zero-order chi connectivity index (χ0) is 15.4. The van der Waals surface area contributed by atoms with Crippen LogP contribution in [0.25, 0.3) is 0 Å². The molecular formula is C16H25ClN2O2. The van der Waals surface area contributed by atoms with Crippen molar-refractivity contribution in [3.05, 3.63) is 22.7 Å². The first kappa shape index (κ1) is 16.4. The number of nitrogens with zero attached hydrogens (tertiary/aromatic N) is 1. The summed E-state index contributed by atoms with van der Waals surface area (Å²) in [4.78, 5) is 2.43. The van der Waals surface area contributed by atoms with Gasteiger partial charge in [0.1, 0.15) is 0 Å². The molecule has 1 aliphatic rings. The summed E-state index contributed by atoms with van der Waals surface area (Å²) in [7, 11) is 3.23. The van der Waals surface area contributed by atoms with Crippen LogP contribution in [0.5, 0.6) is 11.5 Å². The minimum atomic E-state index is 0.171. The maximum atomic E-state index is 6.48. The molecule has 0 aliphatic carbocycles. The van der Waals surface area contributed by atoms with E-state index in [0.29, 0.717) is 22.6 Å². The number of rotatable bonds is 5. The van der Waals surface area contributed by atoms with Crippen LogP contribution in [-0.2, 0) is 6.54 Å². The molecule has 2 N–H and O–H groups in total. The molecule has 4 nitrogen and oxygen atoms in total. The number of ether oxygens (including phenoxy) is 2. The van der Waals surface area contributed by atoms with E-state index in [1.165, 1.54) is 12.8 Å². The molecule has 1 saturated heterocycles. The second-order valence-electron chi connectivity index (χ2n) is 5.67. The molecule has 5 heteroatoms. The molecule has 0 spiro atoms. The number of benzene rings is 1. The van der Waals surface area contributed by atoms with Gasteiger partial charge in [-0.1, -0.05) is 24.1 Å². The maximum Gasteiger partial charge on any atom is 0.179 e. The van der Waals surface area contributed by atoms with Crippen molar-refractivity contribution in [2.45, 2.75) is 44.8 Å². The molecule has 2 unspecified atom stereocenters. The Morgan fingerprint density at radius 3 is 2.71 bits per heavy atom. The smallest absolute Gasteiger partial charge is 0.179 e. The average molecular weight is 313 g/mol. The second-order valence-corrected chi connectivity index (χ2v) is 6.04. The van der Waals surface area contributed by atoms with Crippen LogP contribution in [0, 0.1) is 0 Å². The summed E-state index contributed by atoms with van der Waals surface area (Å²) < 4.78 is 10.6. The van der Waals surface area contributed by atoms with Crippen LogP contribution >= 0.6 is 11.6 Å². The molecule has 0 bridgehead atoms. The van der Waals surface area contributed by atoms with Gasteiger partial charge in [-0.3, -0.25) is 4.90 Å². The number of hydrogen-bond acceptors (Lipinski definition) is 4. The Kier molecular flexibility index (Phi) is 5.73. The third kappa shape index (κ3) is 3.62. The molecular weight excluding hydrogens is 288 g/mol. The van der Waals surface area contributed by atoms with Gasteiger partial charge in [0.15, 0.2) is 11.5 Å². The van der Waals surface area contributed by atoms with Gasteiger partial charge < -0.3 is 15.2 Å². The average Bonchev–Trinajstić information content (AvgIpc) is 2.49. The molecule has 0 amide bonds. The summed E-state index contributed by atoms with van der Waals surface area (Å²) in [5.74, 6) is 1.26. The Morgan fingerprint density at radius 1 is 1.33 bits per heavy atom. The van der Waals surface area contributed by atoms with E-state index in [0.717, 1.165) is 25.1 Å². The van der Waals surface area contributed by atoms with Crippen LogP contribution < -0.4 is 15.2 Å². The molecule has 0 saturated carbocycles. The van der Waals surface area contributed by atoms with Crippen molar-refractivity contribution >= 4 is 11.6 Å². The standard InChI is InChI=1S/C16H25ClN2O2/c1-11(18)13-6-4-5-9-19(13)10-12-7-8-14(20-2)16(21-3)15(12)17/h7-8,11,13H,4-6,9-10,18H2,1-3H3. The van der Waals surface area contributed by atoms with E-state index in [2.05, 4.69) is 11.8 Å². The number of hydrogen-bond donors (Lipinski definition) is 1. The van der Waals surface area contributed by atoms with Gasteiger partial charge in [-0.25, -0.2) is 0 Å². The number of halogens is 1. The molecule has 1 aliphatic heterocycles. The first-order valence-corrected chi connectivity index (χ1v) is 7.85. The molecule has 2 rings (SSSR count). The molecule has 1 heterocycles. The quantitative estimate of drug-likeness (QED) is 0.908. The fraction of sp³-hybridized carbons (Fsp3) is 0.625. The van der Waals surface area contributed by atoms with E-state index >= 15 is 0 Å². The maximum absolute atomic E-state index is 6.48. The summed E-state index contributed by atoms with van der Waals surface area (Å²) in [6, 6.07) is 4.51. The van der Waals surface area contributed by atoms with E-state index in [9.17, 15) is 0 Å². The van der Waals surface area contributed by atoms with Crippen molar-refractivity contribution in [2.75, 3.05) is 20.8 Å². The lowest BCUT2D eigenvalue weighted by Gasteiger charge is -2.38. The lowest BCUT2D eigenvalue weighted by Crippen LogP contribution is -2.48. The highest BCUT2D eigenvalue weighted by molar-refractivity contribution is 6.33. The Hall–Kier alpha value is -0.970. The highest BCUT2D eigenvalue weighted by Crippen LogP contribution is 2.38.